The molecule has 2 aromatic rings. The van der Waals surface area contributed by atoms with Crippen LogP contribution in [0, 0.1) is 0 Å². The Hall–Kier alpha value is -1.40. The third kappa shape index (κ3) is 2.48. The Morgan fingerprint density at radius 3 is 3.12 bits per heavy atom. The molecule has 3 N–H and O–H groups in total. The maximum atomic E-state index is 11.3. The van der Waals surface area contributed by atoms with Gasteiger partial charge in [0.1, 0.15) is 6.04 Å². The van der Waals surface area contributed by atoms with Crippen LogP contribution in [0.5, 0.6) is 0 Å². The molecule has 0 bridgehead atoms. The van der Waals surface area contributed by atoms with Gasteiger partial charge in [-0.2, -0.15) is 5.10 Å². The molecule has 1 atom stereocenters. The molecule has 0 aliphatic carbocycles. The molecule has 0 aliphatic heterocycles. The van der Waals surface area contributed by atoms with Gasteiger partial charge in [0, 0.05) is 22.0 Å². The third-order valence-electron chi connectivity index (χ3n) is 2.52. The maximum Gasteiger partial charge on any atom is 0.323 e. The largest absolute Gasteiger partial charge is 0.468 e. The molecular formula is C11H12BrN3O2. The van der Waals surface area contributed by atoms with Crippen molar-refractivity contribution in [1.29, 1.82) is 0 Å². The van der Waals surface area contributed by atoms with Crippen molar-refractivity contribution in [2.24, 2.45) is 5.73 Å². The van der Waals surface area contributed by atoms with Gasteiger partial charge in [0.25, 0.3) is 0 Å². The SMILES string of the molecule is COC(=O)[C@@H](N)Cc1[nH]nc2ccc(Br)cc12. The van der Waals surface area contributed by atoms with Crippen LogP contribution >= 0.6 is 15.9 Å². The summed E-state index contributed by atoms with van der Waals surface area (Å²) in [5.41, 5.74) is 7.39. The molecule has 6 heteroatoms. The smallest absolute Gasteiger partial charge is 0.323 e. The van der Waals surface area contributed by atoms with Crippen molar-refractivity contribution < 1.29 is 9.53 Å². The molecule has 0 aliphatic rings. The number of benzene rings is 1. The van der Waals surface area contributed by atoms with Gasteiger partial charge in [-0.3, -0.25) is 9.89 Å². The van der Waals surface area contributed by atoms with Gasteiger partial charge in [-0.25, -0.2) is 0 Å². The zero-order valence-corrected chi connectivity index (χ0v) is 10.8. The number of rotatable bonds is 3. The lowest BCUT2D eigenvalue weighted by Gasteiger charge is -2.07. The number of aromatic amines is 1. The summed E-state index contributed by atoms with van der Waals surface area (Å²) in [6.45, 7) is 0. The number of aromatic nitrogens is 2. The number of carbonyl (C=O) groups excluding carboxylic acids is 1. The van der Waals surface area contributed by atoms with Gasteiger partial charge >= 0.3 is 5.97 Å². The van der Waals surface area contributed by atoms with E-state index in [2.05, 4.69) is 30.9 Å². The molecule has 5 nitrogen and oxygen atoms in total. The Bertz CT molecular complexity index is 553. The second kappa shape index (κ2) is 4.85. The van der Waals surface area contributed by atoms with Gasteiger partial charge in [0.15, 0.2) is 0 Å². The molecule has 0 unspecified atom stereocenters. The van der Waals surface area contributed by atoms with E-state index in [0.29, 0.717) is 6.42 Å². The van der Waals surface area contributed by atoms with Crippen LogP contribution in [0.4, 0.5) is 0 Å². The Balaban J connectivity index is 2.30. The van der Waals surface area contributed by atoms with Crippen molar-refractivity contribution in [2.75, 3.05) is 7.11 Å². The number of nitrogens with one attached hydrogen (secondary N) is 1. The quantitative estimate of drug-likeness (QED) is 0.839. The Kier molecular flexibility index (Phi) is 3.44. The first-order valence-corrected chi connectivity index (χ1v) is 5.87. The molecule has 0 amide bonds. The molecule has 0 saturated carbocycles. The van der Waals surface area contributed by atoms with Crippen molar-refractivity contribution in [3.05, 3.63) is 28.4 Å². The molecule has 0 spiro atoms. The highest BCUT2D eigenvalue weighted by atomic mass is 79.9. The second-order valence-corrected chi connectivity index (χ2v) is 4.61. The number of esters is 1. The van der Waals surface area contributed by atoms with E-state index in [0.717, 1.165) is 21.1 Å². The minimum absolute atomic E-state index is 0.375. The zero-order chi connectivity index (χ0) is 12.4. The lowest BCUT2D eigenvalue weighted by molar-refractivity contribution is -0.142. The Morgan fingerprint density at radius 1 is 1.65 bits per heavy atom. The highest BCUT2D eigenvalue weighted by Gasteiger charge is 2.17. The van der Waals surface area contributed by atoms with E-state index in [4.69, 9.17) is 5.73 Å². The monoisotopic (exact) mass is 297 g/mol. The molecule has 90 valence electrons. The van der Waals surface area contributed by atoms with Crippen LogP contribution in [0.15, 0.2) is 22.7 Å². The van der Waals surface area contributed by atoms with Gasteiger partial charge < -0.3 is 10.5 Å². The van der Waals surface area contributed by atoms with E-state index < -0.39 is 12.0 Å². The average molecular weight is 298 g/mol. The molecule has 1 aromatic carbocycles. The van der Waals surface area contributed by atoms with Crippen LogP contribution in [0.2, 0.25) is 0 Å². The van der Waals surface area contributed by atoms with Gasteiger partial charge in [-0.15, -0.1) is 0 Å². The number of methoxy groups -OCH3 is 1. The number of H-pyrrole nitrogens is 1. The molecule has 1 aromatic heterocycles. The lowest BCUT2D eigenvalue weighted by Crippen LogP contribution is -2.33. The van der Waals surface area contributed by atoms with Crippen molar-refractivity contribution in [3.63, 3.8) is 0 Å². The van der Waals surface area contributed by atoms with Crippen LogP contribution < -0.4 is 5.73 Å². The van der Waals surface area contributed by atoms with Crippen LogP contribution in [0.25, 0.3) is 10.9 Å². The van der Waals surface area contributed by atoms with E-state index >= 15 is 0 Å². The summed E-state index contributed by atoms with van der Waals surface area (Å²) < 4.78 is 5.55. The highest BCUT2D eigenvalue weighted by molar-refractivity contribution is 9.10. The zero-order valence-electron chi connectivity index (χ0n) is 9.24. The standard InChI is InChI=1S/C11H12BrN3O2/c1-17-11(16)8(13)5-10-7-4-6(12)2-3-9(7)14-15-10/h2-4,8H,5,13H2,1H3,(H,14,15)/t8-/m0/s1. The molecule has 2 rings (SSSR count). The topological polar surface area (TPSA) is 81.0 Å². The van der Waals surface area contributed by atoms with Gasteiger partial charge in [-0.1, -0.05) is 15.9 Å². The van der Waals surface area contributed by atoms with Crippen LogP contribution in [0.3, 0.4) is 0 Å². The number of fused-ring (bicyclic) bond motifs is 1. The Morgan fingerprint density at radius 2 is 2.41 bits per heavy atom. The summed E-state index contributed by atoms with van der Waals surface area (Å²) in [6.07, 6.45) is 0.375. The van der Waals surface area contributed by atoms with Crippen LogP contribution in [0.1, 0.15) is 5.69 Å². The van der Waals surface area contributed by atoms with E-state index in [1.807, 2.05) is 18.2 Å². The molecule has 0 radical (unpaired) electrons. The van der Waals surface area contributed by atoms with E-state index in [9.17, 15) is 4.79 Å². The van der Waals surface area contributed by atoms with Crippen molar-refractivity contribution in [1.82, 2.24) is 10.2 Å². The third-order valence-corrected chi connectivity index (χ3v) is 3.02. The minimum Gasteiger partial charge on any atom is -0.468 e. The normalized spacial score (nSPS) is 12.6. The molecule has 0 fully saturated rings. The highest BCUT2D eigenvalue weighted by Crippen LogP contribution is 2.21. The summed E-state index contributed by atoms with van der Waals surface area (Å²) >= 11 is 3.40. The molecule has 1 heterocycles. The van der Waals surface area contributed by atoms with Gasteiger partial charge in [0.2, 0.25) is 0 Å². The fraction of sp³-hybridized carbons (Fsp3) is 0.273. The fourth-order valence-electron chi connectivity index (χ4n) is 1.65. The van der Waals surface area contributed by atoms with Crippen LogP contribution in [-0.4, -0.2) is 29.3 Å². The first-order valence-electron chi connectivity index (χ1n) is 5.07. The summed E-state index contributed by atoms with van der Waals surface area (Å²) in [5, 5.41) is 7.99. The van der Waals surface area contributed by atoms with Crippen molar-refractivity contribution >= 4 is 32.8 Å². The first-order chi connectivity index (χ1) is 8.11. The summed E-state index contributed by atoms with van der Waals surface area (Å²) in [5.74, 6) is -0.428. The van der Waals surface area contributed by atoms with E-state index in [1.54, 1.807) is 0 Å². The average Bonchev–Trinajstić information content (AvgIpc) is 2.71. The second-order valence-electron chi connectivity index (χ2n) is 3.70. The molecule has 0 saturated heterocycles. The van der Waals surface area contributed by atoms with Crippen molar-refractivity contribution in [3.8, 4) is 0 Å². The van der Waals surface area contributed by atoms with E-state index in [-0.39, 0.29) is 0 Å². The van der Waals surface area contributed by atoms with Gasteiger partial charge in [0.05, 0.1) is 12.6 Å². The summed E-state index contributed by atoms with van der Waals surface area (Å²) in [4.78, 5) is 11.3. The number of halogens is 1. The summed E-state index contributed by atoms with van der Waals surface area (Å²) in [7, 11) is 1.32. The maximum absolute atomic E-state index is 11.3. The summed E-state index contributed by atoms with van der Waals surface area (Å²) in [6, 6.07) is 5.07. The lowest BCUT2D eigenvalue weighted by atomic mass is 10.1. The van der Waals surface area contributed by atoms with Crippen molar-refractivity contribution in [2.45, 2.75) is 12.5 Å². The number of nitrogens with two attached hydrogens (primary N) is 1. The first kappa shape index (κ1) is 12.1. The number of hydrogen-bond donors (Lipinski definition) is 2. The predicted molar refractivity (Wildman–Crippen MR) is 67.5 cm³/mol. The number of ether oxygens (including phenoxy) is 1. The number of nitrogens with zero attached hydrogens (tertiary/aromatic N) is 1. The minimum atomic E-state index is -0.678. The Labute approximate surface area is 106 Å². The predicted octanol–water partition coefficient (Wildman–Crippen LogP) is 1.37. The number of hydrogen-bond acceptors (Lipinski definition) is 4. The van der Waals surface area contributed by atoms with Crippen LogP contribution in [-0.2, 0) is 16.0 Å². The molecular weight excluding hydrogens is 286 g/mol. The fourth-order valence-corrected chi connectivity index (χ4v) is 2.01. The van der Waals surface area contributed by atoms with E-state index in [1.165, 1.54) is 7.11 Å². The number of carbonyl (C=O) groups is 1. The van der Waals surface area contributed by atoms with Gasteiger partial charge in [-0.05, 0) is 18.2 Å². The molecule has 17 heavy (non-hydrogen) atoms.